The van der Waals surface area contributed by atoms with Crippen molar-refractivity contribution in [1.82, 2.24) is 0 Å². The summed E-state index contributed by atoms with van der Waals surface area (Å²) >= 11 is 0. The molecule has 3 nitrogen and oxygen atoms in total. The molecule has 1 N–H and O–H groups in total. The maximum atomic E-state index is 11.4. The van der Waals surface area contributed by atoms with Crippen LogP contribution in [0.5, 0.6) is 0 Å². The number of rotatable bonds is 4. The third kappa shape index (κ3) is 3.10. The lowest BCUT2D eigenvalue weighted by molar-refractivity contribution is -0.139. The Morgan fingerprint density at radius 2 is 2.28 bits per heavy atom. The quantitative estimate of drug-likeness (QED) is 0.890. The predicted octanol–water partition coefficient (Wildman–Crippen LogP) is 3.12. The van der Waals surface area contributed by atoms with E-state index in [1.807, 2.05) is 38.1 Å². The minimum Gasteiger partial charge on any atom is -0.481 e. The predicted molar refractivity (Wildman–Crippen MR) is 69.7 cm³/mol. The van der Waals surface area contributed by atoms with E-state index in [1.54, 1.807) is 0 Å². The van der Waals surface area contributed by atoms with E-state index < -0.39 is 11.9 Å². The molecule has 1 heterocycles. The number of carbonyl (C=O) groups is 1. The van der Waals surface area contributed by atoms with Crippen LogP contribution in [0, 0.1) is 6.92 Å². The summed E-state index contributed by atoms with van der Waals surface area (Å²) in [5.41, 5.74) is 1.98. The van der Waals surface area contributed by atoms with Crippen molar-refractivity contribution < 1.29 is 14.6 Å². The lowest BCUT2D eigenvalue weighted by Crippen LogP contribution is -2.19. The number of ether oxygens (including phenoxy) is 1. The van der Waals surface area contributed by atoms with Crippen molar-refractivity contribution in [2.75, 3.05) is 0 Å². The second kappa shape index (κ2) is 5.53. The largest absolute Gasteiger partial charge is 0.481 e. The van der Waals surface area contributed by atoms with Gasteiger partial charge in [0, 0.05) is 0 Å². The zero-order chi connectivity index (χ0) is 13.1. The van der Waals surface area contributed by atoms with Gasteiger partial charge in [-0.15, -0.1) is 0 Å². The Bertz CT molecular complexity index is 428. The highest BCUT2D eigenvalue weighted by atomic mass is 16.5. The van der Waals surface area contributed by atoms with Crippen molar-refractivity contribution >= 4 is 5.97 Å². The maximum Gasteiger partial charge on any atom is 0.311 e. The first-order valence-electron chi connectivity index (χ1n) is 6.51. The first-order valence-corrected chi connectivity index (χ1v) is 6.51. The summed E-state index contributed by atoms with van der Waals surface area (Å²) in [6.45, 7) is 4.03. The van der Waals surface area contributed by atoms with Crippen LogP contribution in [0.15, 0.2) is 24.3 Å². The maximum absolute atomic E-state index is 11.4. The lowest BCUT2D eigenvalue weighted by Gasteiger charge is -2.18. The van der Waals surface area contributed by atoms with Crippen LogP contribution in [0.25, 0.3) is 0 Å². The Morgan fingerprint density at radius 1 is 1.50 bits per heavy atom. The van der Waals surface area contributed by atoms with E-state index in [1.165, 1.54) is 0 Å². The highest BCUT2D eigenvalue weighted by molar-refractivity contribution is 5.76. The molecule has 3 heteroatoms. The zero-order valence-electron chi connectivity index (χ0n) is 10.9. The van der Waals surface area contributed by atoms with Gasteiger partial charge >= 0.3 is 5.97 Å². The summed E-state index contributed by atoms with van der Waals surface area (Å²) in [6, 6.07) is 7.75. The van der Waals surface area contributed by atoms with Crippen LogP contribution in [0.1, 0.15) is 43.2 Å². The molecule has 1 aromatic rings. The molecule has 0 aromatic heterocycles. The monoisotopic (exact) mass is 248 g/mol. The molecule has 3 atom stereocenters. The minimum absolute atomic E-state index is 0.0848. The zero-order valence-corrected chi connectivity index (χ0v) is 10.9. The topological polar surface area (TPSA) is 46.5 Å². The smallest absolute Gasteiger partial charge is 0.311 e. The molecular weight excluding hydrogens is 228 g/mol. The van der Waals surface area contributed by atoms with E-state index >= 15 is 0 Å². The molecule has 1 fully saturated rings. The van der Waals surface area contributed by atoms with Gasteiger partial charge in [0.2, 0.25) is 0 Å². The number of aliphatic carboxylic acids is 1. The van der Waals surface area contributed by atoms with Gasteiger partial charge in [-0.3, -0.25) is 4.79 Å². The molecule has 3 unspecified atom stereocenters. The van der Waals surface area contributed by atoms with Crippen LogP contribution in [-0.4, -0.2) is 23.3 Å². The van der Waals surface area contributed by atoms with E-state index in [-0.39, 0.29) is 12.2 Å². The Kier molecular flexibility index (Phi) is 4.02. The molecule has 1 aliphatic rings. The molecule has 0 saturated carbocycles. The van der Waals surface area contributed by atoms with Crippen LogP contribution in [0.3, 0.4) is 0 Å². The van der Waals surface area contributed by atoms with E-state index in [0.717, 1.165) is 24.0 Å². The summed E-state index contributed by atoms with van der Waals surface area (Å²) in [4.78, 5) is 11.4. The number of hydrogen-bond donors (Lipinski definition) is 1. The van der Waals surface area contributed by atoms with Crippen LogP contribution < -0.4 is 0 Å². The average Bonchev–Trinajstić information content (AvgIpc) is 2.71. The number of carboxylic acids is 1. The molecular formula is C15H20O3. The molecule has 1 aromatic carbocycles. The van der Waals surface area contributed by atoms with Gasteiger partial charge in [-0.2, -0.15) is 0 Å². The molecule has 0 aliphatic carbocycles. The van der Waals surface area contributed by atoms with Crippen molar-refractivity contribution in [1.29, 1.82) is 0 Å². The Balaban J connectivity index is 2.11. The van der Waals surface area contributed by atoms with Gasteiger partial charge in [0.05, 0.1) is 18.1 Å². The fourth-order valence-corrected chi connectivity index (χ4v) is 2.59. The first-order chi connectivity index (χ1) is 8.56. The lowest BCUT2D eigenvalue weighted by atomic mass is 9.91. The fourth-order valence-electron chi connectivity index (χ4n) is 2.59. The first kappa shape index (κ1) is 13.1. The molecule has 0 spiro atoms. The summed E-state index contributed by atoms with van der Waals surface area (Å²) in [6.07, 6.45) is 2.92. The van der Waals surface area contributed by atoms with Crippen molar-refractivity contribution in [2.45, 2.75) is 51.2 Å². The molecule has 1 saturated heterocycles. The molecule has 2 rings (SSSR count). The minimum atomic E-state index is -0.760. The molecule has 1 aliphatic heterocycles. The second-order valence-electron chi connectivity index (χ2n) is 5.19. The SMILES string of the molecule is Cc1cccc(C(CC2CCC(C)O2)C(=O)O)c1. The summed E-state index contributed by atoms with van der Waals surface area (Å²) in [5, 5.41) is 9.39. The van der Waals surface area contributed by atoms with Crippen LogP contribution in [0.4, 0.5) is 0 Å². The Morgan fingerprint density at radius 3 is 2.83 bits per heavy atom. The molecule has 0 bridgehead atoms. The standard InChI is InChI=1S/C15H20O3/c1-10-4-3-5-12(8-10)14(15(16)17)9-13-7-6-11(2)18-13/h3-5,8,11,13-14H,6-7,9H2,1-2H3,(H,16,17). The molecule has 0 amide bonds. The number of benzene rings is 1. The van der Waals surface area contributed by atoms with Crippen LogP contribution in [0.2, 0.25) is 0 Å². The van der Waals surface area contributed by atoms with Crippen molar-refractivity contribution in [2.24, 2.45) is 0 Å². The van der Waals surface area contributed by atoms with Gasteiger partial charge in [0.15, 0.2) is 0 Å². The summed E-state index contributed by atoms with van der Waals surface area (Å²) < 4.78 is 5.73. The van der Waals surface area contributed by atoms with E-state index in [2.05, 4.69) is 0 Å². The van der Waals surface area contributed by atoms with Crippen LogP contribution in [-0.2, 0) is 9.53 Å². The van der Waals surface area contributed by atoms with Crippen LogP contribution >= 0.6 is 0 Å². The van der Waals surface area contributed by atoms with E-state index in [0.29, 0.717) is 6.42 Å². The summed E-state index contributed by atoms with van der Waals surface area (Å²) in [5.74, 6) is -1.22. The van der Waals surface area contributed by atoms with Crippen molar-refractivity contribution in [3.05, 3.63) is 35.4 Å². The third-order valence-corrected chi connectivity index (χ3v) is 3.56. The number of aryl methyl sites for hydroxylation is 1. The second-order valence-corrected chi connectivity index (χ2v) is 5.19. The van der Waals surface area contributed by atoms with Gasteiger partial charge in [-0.25, -0.2) is 0 Å². The Hall–Kier alpha value is -1.35. The third-order valence-electron chi connectivity index (χ3n) is 3.56. The highest BCUT2D eigenvalue weighted by Crippen LogP contribution is 2.30. The van der Waals surface area contributed by atoms with Gasteiger partial charge in [-0.05, 0) is 38.7 Å². The van der Waals surface area contributed by atoms with Gasteiger partial charge in [0.1, 0.15) is 0 Å². The van der Waals surface area contributed by atoms with Crippen molar-refractivity contribution in [3.63, 3.8) is 0 Å². The van der Waals surface area contributed by atoms with Crippen molar-refractivity contribution in [3.8, 4) is 0 Å². The van der Waals surface area contributed by atoms with Gasteiger partial charge in [0.25, 0.3) is 0 Å². The Labute approximate surface area is 108 Å². The molecule has 18 heavy (non-hydrogen) atoms. The molecule has 0 radical (unpaired) electrons. The average molecular weight is 248 g/mol. The summed E-state index contributed by atoms with van der Waals surface area (Å²) in [7, 11) is 0. The normalized spacial score (nSPS) is 25.0. The fraction of sp³-hybridized carbons (Fsp3) is 0.533. The molecule has 98 valence electrons. The van der Waals surface area contributed by atoms with E-state index in [9.17, 15) is 9.90 Å². The highest BCUT2D eigenvalue weighted by Gasteiger charge is 2.29. The number of carboxylic acid groups (broad SMARTS) is 1. The van der Waals surface area contributed by atoms with Gasteiger partial charge < -0.3 is 9.84 Å². The van der Waals surface area contributed by atoms with Gasteiger partial charge in [-0.1, -0.05) is 29.8 Å². The number of hydrogen-bond acceptors (Lipinski definition) is 2. The van der Waals surface area contributed by atoms with E-state index in [4.69, 9.17) is 4.74 Å².